The summed E-state index contributed by atoms with van der Waals surface area (Å²) in [6.45, 7) is 2.93. The Kier molecular flexibility index (Phi) is 6.72. The van der Waals surface area contributed by atoms with Crippen LogP contribution in [0.1, 0.15) is 41.1 Å². The van der Waals surface area contributed by atoms with E-state index >= 15 is 0 Å². The molecule has 0 aliphatic rings. The quantitative estimate of drug-likeness (QED) is 0.168. The molecule has 0 atom stereocenters. The lowest BCUT2D eigenvalue weighted by Gasteiger charge is -2.05. The van der Waals surface area contributed by atoms with Crippen molar-refractivity contribution in [2.24, 2.45) is 5.16 Å². The normalized spacial score (nSPS) is 11.5. The van der Waals surface area contributed by atoms with E-state index in [0.717, 1.165) is 20.7 Å². The Labute approximate surface area is 194 Å². The highest BCUT2D eigenvalue weighted by atomic mass is 32.2. The first-order valence-electron chi connectivity index (χ1n) is 10.2. The van der Waals surface area contributed by atoms with Gasteiger partial charge in [0.05, 0.1) is 12.3 Å². The summed E-state index contributed by atoms with van der Waals surface area (Å²) in [5, 5.41) is 14.0. The average molecular weight is 460 g/mol. The van der Waals surface area contributed by atoms with Crippen LogP contribution in [0.4, 0.5) is 0 Å². The first-order valence-corrected chi connectivity index (χ1v) is 11.0. The Balaban J connectivity index is 1.46. The fourth-order valence-corrected chi connectivity index (χ4v) is 4.08. The molecule has 0 saturated heterocycles. The Morgan fingerprint density at radius 1 is 0.939 bits per heavy atom. The number of hydrogen-bond donors (Lipinski definition) is 1. The molecule has 0 aliphatic heterocycles. The number of nitrogens with zero attached hydrogens (tertiary/aromatic N) is 1. The molecule has 0 saturated carbocycles. The predicted octanol–water partition coefficient (Wildman–Crippen LogP) is 5.59. The highest BCUT2D eigenvalue weighted by molar-refractivity contribution is 7.99. The number of rotatable bonds is 7. The van der Waals surface area contributed by atoms with Crippen molar-refractivity contribution in [3.8, 4) is 0 Å². The second kappa shape index (κ2) is 9.85. The van der Waals surface area contributed by atoms with E-state index in [1.165, 1.54) is 6.92 Å². The van der Waals surface area contributed by atoms with Crippen LogP contribution in [0.25, 0.3) is 11.0 Å². The molecule has 4 aromatic rings. The number of hydrogen-bond acceptors (Lipinski definition) is 7. The number of aliphatic hydroxyl groups is 1. The predicted molar refractivity (Wildman–Crippen MR) is 127 cm³/mol. The average Bonchev–Trinajstić information content (AvgIpc) is 3.27. The highest BCUT2D eigenvalue weighted by Gasteiger charge is 2.16. The lowest BCUT2D eigenvalue weighted by atomic mass is 10.1. The Hall–Kier alpha value is -3.68. The maximum absolute atomic E-state index is 12.9. The summed E-state index contributed by atoms with van der Waals surface area (Å²) >= 11 is 1.56. The van der Waals surface area contributed by atoms with Crippen molar-refractivity contribution in [1.29, 1.82) is 0 Å². The first-order chi connectivity index (χ1) is 15.9. The molecule has 6 nitrogen and oxygen atoms in total. The minimum atomic E-state index is -0.460. The Bertz CT molecular complexity index is 1340. The van der Waals surface area contributed by atoms with Crippen molar-refractivity contribution >= 4 is 40.2 Å². The third-order valence-corrected chi connectivity index (χ3v) is 5.97. The fourth-order valence-electron chi connectivity index (χ4n) is 3.26. The minimum absolute atomic E-state index is 0.149. The van der Waals surface area contributed by atoms with Gasteiger partial charge in [-0.25, -0.2) is 4.79 Å². The maximum atomic E-state index is 12.9. The molecule has 33 heavy (non-hydrogen) atoms. The van der Waals surface area contributed by atoms with Gasteiger partial charge in [0.1, 0.15) is 5.58 Å². The molecule has 0 spiro atoms. The number of oxime groups is 1. The number of carbonyl (C=O) groups excluding carboxylic acids is 2. The van der Waals surface area contributed by atoms with Gasteiger partial charge in [0.15, 0.2) is 5.76 Å². The zero-order valence-corrected chi connectivity index (χ0v) is 18.9. The molecule has 0 amide bonds. The molecular formula is C26H21NO5S. The molecule has 1 N–H and O–H groups in total. The van der Waals surface area contributed by atoms with Gasteiger partial charge in [0.2, 0.25) is 5.78 Å². The van der Waals surface area contributed by atoms with Crippen LogP contribution in [-0.2, 0) is 16.2 Å². The number of carbonyl (C=O) groups is 2. The second-order valence-corrected chi connectivity index (χ2v) is 8.49. The smallest absolute Gasteiger partial charge is 0.331 e. The van der Waals surface area contributed by atoms with Crippen molar-refractivity contribution in [2.45, 2.75) is 30.2 Å². The SMILES string of the molecule is CC(=O)O/N=C(\C)c1ccc(Sc2ccc(C(=O)c3cc4cccc(CO)c4o3)cc2)cc1. The van der Waals surface area contributed by atoms with E-state index in [9.17, 15) is 14.7 Å². The summed E-state index contributed by atoms with van der Waals surface area (Å²) in [6.07, 6.45) is 0. The van der Waals surface area contributed by atoms with Crippen LogP contribution in [0.3, 0.4) is 0 Å². The molecule has 1 aromatic heterocycles. The van der Waals surface area contributed by atoms with Crippen molar-refractivity contribution in [3.05, 3.63) is 95.2 Å². The standard InChI is InChI=1S/C26H21NO5S/c1-16(27-32-17(2)29)18-6-10-22(11-7-18)33-23-12-8-19(9-13-23)25(30)24-14-20-4-3-5-21(15-28)26(20)31-24/h3-14,28H,15H2,1-2H3/b27-16+. The molecule has 0 radical (unpaired) electrons. The monoisotopic (exact) mass is 459 g/mol. The van der Waals surface area contributed by atoms with Gasteiger partial charge in [0, 0.05) is 33.2 Å². The third-order valence-electron chi connectivity index (χ3n) is 4.96. The number of furan rings is 1. The molecular weight excluding hydrogens is 438 g/mol. The number of fused-ring (bicyclic) bond motifs is 1. The molecule has 0 fully saturated rings. The van der Waals surface area contributed by atoms with Gasteiger partial charge in [-0.2, -0.15) is 0 Å². The van der Waals surface area contributed by atoms with Gasteiger partial charge >= 0.3 is 5.97 Å². The van der Waals surface area contributed by atoms with Crippen molar-refractivity contribution in [1.82, 2.24) is 0 Å². The molecule has 0 aliphatic carbocycles. The minimum Gasteiger partial charge on any atom is -0.452 e. The summed E-state index contributed by atoms with van der Waals surface area (Å²) in [5.74, 6) is -0.426. The van der Waals surface area contributed by atoms with Crippen LogP contribution in [0.5, 0.6) is 0 Å². The first kappa shape index (κ1) is 22.5. The van der Waals surface area contributed by atoms with Gasteiger partial charge in [-0.05, 0) is 55.0 Å². The topological polar surface area (TPSA) is 89.1 Å². The van der Waals surface area contributed by atoms with Crippen LogP contribution < -0.4 is 0 Å². The zero-order chi connectivity index (χ0) is 23.4. The van der Waals surface area contributed by atoms with E-state index < -0.39 is 5.97 Å². The fraction of sp³-hybridized carbons (Fsp3) is 0.115. The van der Waals surface area contributed by atoms with Gasteiger partial charge in [-0.3, -0.25) is 4.79 Å². The van der Waals surface area contributed by atoms with Crippen LogP contribution in [0.15, 0.2) is 92.2 Å². The molecule has 4 rings (SSSR count). The van der Waals surface area contributed by atoms with E-state index in [-0.39, 0.29) is 18.2 Å². The molecule has 3 aromatic carbocycles. The van der Waals surface area contributed by atoms with Gasteiger partial charge < -0.3 is 14.4 Å². The number of benzene rings is 3. The van der Waals surface area contributed by atoms with Gasteiger partial charge in [-0.1, -0.05) is 47.2 Å². The van der Waals surface area contributed by atoms with Crippen molar-refractivity contribution in [2.75, 3.05) is 0 Å². The summed E-state index contributed by atoms with van der Waals surface area (Å²) in [6, 6.07) is 22.2. The lowest BCUT2D eigenvalue weighted by Crippen LogP contribution is -1.99. The van der Waals surface area contributed by atoms with Crippen LogP contribution in [-0.4, -0.2) is 22.6 Å². The summed E-state index contributed by atoms with van der Waals surface area (Å²) in [5.41, 5.74) is 3.18. The zero-order valence-electron chi connectivity index (χ0n) is 18.1. The summed E-state index contributed by atoms with van der Waals surface area (Å²) in [7, 11) is 0. The third kappa shape index (κ3) is 5.22. The molecule has 0 unspecified atom stereocenters. The number of para-hydroxylation sites is 1. The highest BCUT2D eigenvalue weighted by Crippen LogP contribution is 2.29. The van der Waals surface area contributed by atoms with E-state index in [4.69, 9.17) is 4.42 Å². The largest absolute Gasteiger partial charge is 0.452 e. The van der Waals surface area contributed by atoms with Crippen LogP contribution in [0, 0.1) is 0 Å². The van der Waals surface area contributed by atoms with E-state index in [1.807, 2.05) is 48.5 Å². The van der Waals surface area contributed by atoms with Crippen molar-refractivity contribution < 1.29 is 24.0 Å². The molecule has 166 valence electrons. The van der Waals surface area contributed by atoms with E-state index in [2.05, 4.69) is 9.99 Å². The van der Waals surface area contributed by atoms with Crippen molar-refractivity contribution in [3.63, 3.8) is 0 Å². The van der Waals surface area contributed by atoms with Gasteiger partial charge in [0.25, 0.3) is 0 Å². The Morgan fingerprint density at radius 2 is 1.58 bits per heavy atom. The van der Waals surface area contributed by atoms with Gasteiger partial charge in [-0.15, -0.1) is 0 Å². The van der Waals surface area contributed by atoms with E-state index in [0.29, 0.717) is 22.4 Å². The number of ketones is 1. The van der Waals surface area contributed by atoms with E-state index in [1.54, 1.807) is 43.0 Å². The summed E-state index contributed by atoms with van der Waals surface area (Å²) < 4.78 is 5.74. The second-order valence-electron chi connectivity index (χ2n) is 7.34. The molecule has 0 bridgehead atoms. The Morgan fingerprint density at radius 3 is 2.18 bits per heavy atom. The van der Waals surface area contributed by atoms with Crippen LogP contribution >= 0.6 is 11.8 Å². The molecule has 1 heterocycles. The van der Waals surface area contributed by atoms with Crippen LogP contribution in [0.2, 0.25) is 0 Å². The summed E-state index contributed by atoms with van der Waals surface area (Å²) in [4.78, 5) is 30.4. The number of aliphatic hydroxyl groups excluding tert-OH is 1. The maximum Gasteiger partial charge on any atom is 0.331 e. The molecule has 7 heteroatoms. The lowest BCUT2D eigenvalue weighted by molar-refractivity contribution is -0.140.